The number of pyridine rings is 1. The van der Waals surface area contributed by atoms with Crippen LogP contribution in [-0.2, 0) is 0 Å². The van der Waals surface area contributed by atoms with E-state index in [4.69, 9.17) is 5.84 Å². The number of aromatic nitrogens is 1. The number of nitrogen functional groups attached to an aromatic ring is 1. The highest BCUT2D eigenvalue weighted by Crippen LogP contribution is 2.27. The van der Waals surface area contributed by atoms with Gasteiger partial charge in [0, 0.05) is 13.6 Å². The number of rotatable bonds is 5. The third-order valence-electron chi connectivity index (χ3n) is 3.80. The number of nitro groups is 1. The number of nitrogens with two attached hydrogens (primary N) is 1. The Morgan fingerprint density at radius 2 is 2.15 bits per heavy atom. The third-order valence-corrected chi connectivity index (χ3v) is 3.80. The van der Waals surface area contributed by atoms with Crippen molar-refractivity contribution < 1.29 is 4.92 Å². The van der Waals surface area contributed by atoms with Crippen molar-refractivity contribution in [2.24, 2.45) is 11.8 Å². The van der Waals surface area contributed by atoms with Crippen LogP contribution in [0.2, 0.25) is 0 Å². The predicted octanol–water partition coefficient (Wildman–Crippen LogP) is 2.29. The smallest absolute Gasteiger partial charge is 0.276 e. The first-order chi connectivity index (χ1) is 9.60. The summed E-state index contributed by atoms with van der Waals surface area (Å²) in [4.78, 5) is 16.8. The standard InChI is InChI=1S/C13H21N5O2/c1-17(9-10-5-3-2-4-6-10)13-8-11(18(19)20)7-12(15-13)16-14/h7-8,10H,2-6,9,14H2,1H3,(H,15,16). The summed E-state index contributed by atoms with van der Waals surface area (Å²) in [6.07, 6.45) is 6.31. The second-order valence-corrected chi connectivity index (χ2v) is 5.35. The average molecular weight is 279 g/mol. The summed E-state index contributed by atoms with van der Waals surface area (Å²) in [5.41, 5.74) is 2.38. The highest BCUT2D eigenvalue weighted by molar-refractivity contribution is 5.55. The van der Waals surface area contributed by atoms with E-state index in [0.717, 1.165) is 6.54 Å². The van der Waals surface area contributed by atoms with Crippen molar-refractivity contribution in [3.63, 3.8) is 0 Å². The molecular formula is C13H21N5O2. The Kier molecular flexibility index (Phi) is 4.73. The molecule has 1 aromatic heterocycles. The van der Waals surface area contributed by atoms with E-state index in [9.17, 15) is 10.1 Å². The topological polar surface area (TPSA) is 97.3 Å². The van der Waals surface area contributed by atoms with Crippen molar-refractivity contribution in [2.45, 2.75) is 32.1 Å². The van der Waals surface area contributed by atoms with Crippen molar-refractivity contribution in [3.8, 4) is 0 Å². The summed E-state index contributed by atoms with van der Waals surface area (Å²) in [6.45, 7) is 0.873. The van der Waals surface area contributed by atoms with Crippen molar-refractivity contribution >= 4 is 17.3 Å². The van der Waals surface area contributed by atoms with Crippen LogP contribution in [-0.4, -0.2) is 23.5 Å². The lowest BCUT2D eigenvalue weighted by Gasteiger charge is -2.27. The van der Waals surface area contributed by atoms with Crippen LogP contribution >= 0.6 is 0 Å². The van der Waals surface area contributed by atoms with Gasteiger partial charge in [-0.1, -0.05) is 19.3 Å². The molecule has 0 atom stereocenters. The SMILES string of the molecule is CN(CC1CCCCC1)c1cc([N+](=O)[O-])cc(NN)n1. The van der Waals surface area contributed by atoms with E-state index in [0.29, 0.717) is 17.6 Å². The van der Waals surface area contributed by atoms with Gasteiger partial charge in [-0.15, -0.1) is 0 Å². The van der Waals surface area contributed by atoms with Crippen LogP contribution in [0.25, 0.3) is 0 Å². The molecule has 0 bridgehead atoms. The average Bonchev–Trinajstić information content (AvgIpc) is 2.47. The molecule has 7 heteroatoms. The molecule has 110 valence electrons. The molecule has 7 nitrogen and oxygen atoms in total. The highest BCUT2D eigenvalue weighted by atomic mass is 16.6. The van der Waals surface area contributed by atoms with E-state index < -0.39 is 4.92 Å². The predicted molar refractivity (Wildman–Crippen MR) is 78.5 cm³/mol. The van der Waals surface area contributed by atoms with Crippen molar-refractivity contribution in [2.75, 3.05) is 23.9 Å². The summed E-state index contributed by atoms with van der Waals surface area (Å²) < 4.78 is 0. The minimum absolute atomic E-state index is 0.00144. The lowest BCUT2D eigenvalue weighted by Crippen LogP contribution is -2.27. The Balaban J connectivity index is 2.13. The van der Waals surface area contributed by atoms with Crippen molar-refractivity contribution in [1.82, 2.24) is 4.98 Å². The number of nitrogens with zero attached hydrogens (tertiary/aromatic N) is 3. The number of anilines is 2. The normalized spacial score (nSPS) is 15.9. The van der Waals surface area contributed by atoms with Crippen LogP contribution in [0.3, 0.4) is 0 Å². The van der Waals surface area contributed by atoms with Gasteiger partial charge in [-0.3, -0.25) is 10.1 Å². The molecule has 1 saturated carbocycles. The number of hydrogen-bond acceptors (Lipinski definition) is 6. The summed E-state index contributed by atoms with van der Waals surface area (Å²) in [6, 6.07) is 2.82. The van der Waals surface area contributed by atoms with Gasteiger partial charge in [-0.05, 0) is 18.8 Å². The highest BCUT2D eigenvalue weighted by Gasteiger charge is 2.18. The summed E-state index contributed by atoms with van der Waals surface area (Å²) in [7, 11) is 1.92. The van der Waals surface area contributed by atoms with Gasteiger partial charge in [0.1, 0.15) is 11.6 Å². The van der Waals surface area contributed by atoms with Crippen molar-refractivity contribution in [3.05, 3.63) is 22.2 Å². The molecule has 0 aliphatic heterocycles. The van der Waals surface area contributed by atoms with Crippen molar-refractivity contribution in [1.29, 1.82) is 0 Å². The second kappa shape index (κ2) is 6.51. The lowest BCUT2D eigenvalue weighted by molar-refractivity contribution is -0.384. The van der Waals surface area contributed by atoms with Gasteiger partial charge in [0.2, 0.25) is 0 Å². The lowest BCUT2D eigenvalue weighted by atomic mass is 9.89. The van der Waals surface area contributed by atoms with Gasteiger partial charge in [0.15, 0.2) is 0 Å². The van der Waals surface area contributed by atoms with Gasteiger partial charge in [0.05, 0.1) is 17.1 Å². The second-order valence-electron chi connectivity index (χ2n) is 5.35. The van der Waals surface area contributed by atoms with Crippen LogP contribution in [0.5, 0.6) is 0 Å². The molecule has 20 heavy (non-hydrogen) atoms. The molecule has 0 amide bonds. The minimum atomic E-state index is -0.430. The van der Waals surface area contributed by atoms with Crippen LogP contribution in [0.1, 0.15) is 32.1 Å². The van der Waals surface area contributed by atoms with Gasteiger partial charge in [-0.2, -0.15) is 0 Å². The molecule has 1 aliphatic rings. The Bertz CT molecular complexity index is 474. The molecule has 0 radical (unpaired) electrons. The van der Waals surface area contributed by atoms with E-state index >= 15 is 0 Å². The Morgan fingerprint density at radius 3 is 2.75 bits per heavy atom. The molecule has 0 aromatic carbocycles. The maximum Gasteiger partial charge on any atom is 0.276 e. The monoisotopic (exact) mass is 279 g/mol. The Morgan fingerprint density at radius 1 is 1.45 bits per heavy atom. The number of nitrogens with one attached hydrogen (secondary N) is 1. The molecule has 3 N–H and O–H groups in total. The fraction of sp³-hybridized carbons (Fsp3) is 0.615. The molecule has 1 fully saturated rings. The van der Waals surface area contributed by atoms with Crippen LogP contribution in [0.4, 0.5) is 17.3 Å². The summed E-state index contributed by atoms with van der Waals surface area (Å²) in [5, 5.41) is 10.9. The van der Waals surface area contributed by atoms with Crippen LogP contribution in [0.15, 0.2) is 12.1 Å². The van der Waals surface area contributed by atoms with E-state index in [1.54, 1.807) is 0 Å². The van der Waals surface area contributed by atoms with E-state index in [1.807, 2.05) is 11.9 Å². The fourth-order valence-corrected chi connectivity index (χ4v) is 2.73. The zero-order valence-corrected chi connectivity index (χ0v) is 11.7. The van der Waals surface area contributed by atoms with Crippen LogP contribution in [0, 0.1) is 16.0 Å². The largest absolute Gasteiger partial charge is 0.359 e. The molecule has 2 rings (SSSR count). The fourth-order valence-electron chi connectivity index (χ4n) is 2.73. The first-order valence-corrected chi connectivity index (χ1v) is 6.94. The zero-order chi connectivity index (χ0) is 14.5. The quantitative estimate of drug-likeness (QED) is 0.487. The van der Waals surface area contributed by atoms with Crippen LogP contribution < -0.4 is 16.2 Å². The van der Waals surface area contributed by atoms with Gasteiger partial charge in [-0.25, -0.2) is 10.8 Å². The molecule has 1 aliphatic carbocycles. The molecule has 0 unspecified atom stereocenters. The minimum Gasteiger partial charge on any atom is -0.359 e. The Labute approximate surface area is 118 Å². The first kappa shape index (κ1) is 14.5. The van der Waals surface area contributed by atoms with E-state index in [2.05, 4.69) is 10.4 Å². The number of hydrazine groups is 1. The third kappa shape index (κ3) is 3.57. The van der Waals surface area contributed by atoms with Gasteiger partial charge >= 0.3 is 0 Å². The van der Waals surface area contributed by atoms with Gasteiger partial charge < -0.3 is 10.3 Å². The van der Waals surface area contributed by atoms with E-state index in [-0.39, 0.29) is 5.69 Å². The molecular weight excluding hydrogens is 258 g/mol. The molecule has 1 heterocycles. The molecule has 1 aromatic rings. The first-order valence-electron chi connectivity index (χ1n) is 6.94. The maximum atomic E-state index is 10.9. The summed E-state index contributed by atoms with van der Waals surface area (Å²) in [5.74, 6) is 6.85. The molecule has 0 saturated heterocycles. The van der Waals surface area contributed by atoms with Gasteiger partial charge in [0.25, 0.3) is 5.69 Å². The Hall–Kier alpha value is -1.89. The molecule has 0 spiro atoms. The van der Waals surface area contributed by atoms with E-state index in [1.165, 1.54) is 44.2 Å². The zero-order valence-electron chi connectivity index (χ0n) is 11.7. The number of hydrogen-bond donors (Lipinski definition) is 2. The summed E-state index contributed by atoms with van der Waals surface area (Å²) >= 11 is 0. The maximum absolute atomic E-state index is 10.9.